The Balaban J connectivity index is 1.34. The average Bonchev–Trinajstić information content (AvgIpc) is 2.99. The lowest BCUT2D eigenvalue weighted by Crippen LogP contribution is -2.66. The topological polar surface area (TPSA) is 33.7 Å². The lowest BCUT2D eigenvalue weighted by atomic mass is 9.85. The fourth-order valence-electron chi connectivity index (χ4n) is 5.54. The van der Waals surface area contributed by atoms with E-state index in [1.165, 1.54) is 90.0 Å². The number of nitrogens with one attached hydrogen (secondary N) is 1. The monoisotopic (exact) mass is 394 g/mol. The van der Waals surface area contributed by atoms with Gasteiger partial charge in [0.1, 0.15) is 12.2 Å². The lowest BCUT2D eigenvalue weighted by molar-refractivity contribution is -0.146. The van der Waals surface area contributed by atoms with E-state index in [4.69, 9.17) is 9.47 Å². The second kappa shape index (κ2) is 11.3. The van der Waals surface area contributed by atoms with Crippen LogP contribution < -0.4 is 5.32 Å². The summed E-state index contributed by atoms with van der Waals surface area (Å²) in [6.45, 7) is 9.84. The fourth-order valence-corrected chi connectivity index (χ4v) is 5.54. The zero-order valence-electron chi connectivity index (χ0n) is 18.9. The smallest absolute Gasteiger partial charge is 0.163 e. The standard InChI is InChI=1S/C24H46N2O2/c1-4-5-6-7-8-9-10-11-12-14-17-25-22-20-16-13-15-18-26(20)19-21-23(22)28-24(2,3)27-21/h20-23,25H,4-19H2,1-3H3/t20-,21+,22+,23-/m1/s1. The van der Waals surface area contributed by atoms with Crippen molar-refractivity contribution in [1.29, 1.82) is 0 Å². The van der Waals surface area contributed by atoms with Gasteiger partial charge in [-0.2, -0.15) is 0 Å². The Kier molecular flexibility index (Phi) is 9.08. The summed E-state index contributed by atoms with van der Waals surface area (Å²) < 4.78 is 12.6. The number of unbranched alkanes of at least 4 members (excludes halogenated alkanes) is 9. The van der Waals surface area contributed by atoms with E-state index in [1.54, 1.807) is 0 Å². The first-order valence-corrected chi connectivity index (χ1v) is 12.4. The number of fused-ring (bicyclic) bond motifs is 2. The summed E-state index contributed by atoms with van der Waals surface area (Å²) in [5, 5.41) is 3.91. The quantitative estimate of drug-likeness (QED) is 0.458. The first-order chi connectivity index (χ1) is 13.6. The van der Waals surface area contributed by atoms with E-state index in [1.807, 2.05) is 0 Å². The van der Waals surface area contributed by atoms with Crippen LogP contribution in [0.5, 0.6) is 0 Å². The van der Waals surface area contributed by atoms with Crippen molar-refractivity contribution in [3.05, 3.63) is 0 Å². The largest absolute Gasteiger partial charge is 0.343 e. The van der Waals surface area contributed by atoms with Crippen LogP contribution in [0.3, 0.4) is 0 Å². The molecule has 28 heavy (non-hydrogen) atoms. The van der Waals surface area contributed by atoms with Crippen LogP contribution in [-0.2, 0) is 9.47 Å². The highest BCUT2D eigenvalue weighted by atomic mass is 16.8. The molecule has 0 radical (unpaired) electrons. The Bertz CT molecular complexity index is 442. The SMILES string of the molecule is CCCCCCCCCCCCN[C@@H]1[C@@H]2OC(C)(C)O[C@H]2CN2CCCC[C@H]12. The highest BCUT2D eigenvalue weighted by Crippen LogP contribution is 2.38. The molecule has 0 aromatic rings. The van der Waals surface area contributed by atoms with E-state index in [9.17, 15) is 0 Å². The molecule has 3 aliphatic rings. The second-order valence-corrected chi connectivity index (χ2v) is 9.86. The lowest BCUT2D eigenvalue weighted by Gasteiger charge is -2.48. The van der Waals surface area contributed by atoms with Gasteiger partial charge in [-0.3, -0.25) is 4.90 Å². The first-order valence-electron chi connectivity index (χ1n) is 12.4. The summed E-state index contributed by atoms with van der Waals surface area (Å²) in [5.74, 6) is -0.430. The highest BCUT2D eigenvalue weighted by Gasteiger charge is 2.52. The highest BCUT2D eigenvalue weighted by molar-refractivity contribution is 5.04. The third kappa shape index (κ3) is 6.42. The molecule has 0 bridgehead atoms. The Morgan fingerprint density at radius 2 is 1.57 bits per heavy atom. The van der Waals surface area contributed by atoms with E-state index in [0.717, 1.165) is 13.1 Å². The summed E-state index contributed by atoms with van der Waals surface area (Å²) in [7, 11) is 0. The molecule has 0 aliphatic carbocycles. The number of nitrogens with zero attached hydrogens (tertiary/aromatic N) is 1. The first kappa shape index (κ1) is 22.5. The number of ether oxygens (including phenoxy) is 2. The van der Waals surface area contributed by atoms with Gasteiger partial charge >= 0.3 is 0 Å². The van der Waals surface area contributed by atoms with Crippen LogP contribution in [-0.4, -0.2) is 54.6 Å². The van der Waals surface area contributed by atoms with Crippen molar-refractivity contribution in [2.24, 2.45) is 0 Å². The van der Waals surface area contributed by atoms with Gasteiger partial charge in [0.2, 0.25) is 0 Å². The summed E-state index contributed by atoms with van der Waals surface area (Å²) in [6.07, 6.45) is 18.4. The molecule has 1 N–H and O–H groups in total. The molecule has 0 aromatic heterocycles. The molecule has 3 rings (SSSR count). The fraction of sp³-hybridized carbons (Fsp3) is 1.00. The van der Waals surface area contributed by atoms with Crippen LogP contribution in [0, 0.1) is 0 Å². The van der Waals surface area contributed by atoms with Gasteiger partial charge in [-0.25, -0.2) is 0 Å². The third-order valence-corrected chi connectivity index (χ3v) is 6.98. The second-order valence-electron chi connectivity index (χ2n) is 9.86. The van der Waals surface area contributed by atoms with Crippen LogP contribution in [0.1, 0.15) is 104 Å². The molecular formula is C24H46N2O2. The summed E-state index contributed by atoms with van der Waals surface area (Å²) in [6, 6.07) is 1.06. The van der Waals surface area contributed by atoms with Gasteiger partial charge in [0.05, 0.1) is 6.04 Å². The molecule has 3 heterocycles. The van der Waals surface area contributed by atoms with Gasteiger partial charge in [0, 0.05) is 12.6 Å². The van der Waals surface area contributed by atoms with E-state index in [0.29, 0.717) is 12.1 Å². The molecule has 0 spiro atoms. The van der Waals surface area contributed by atoms with Crippen LogP contribution in [0.15, 0.2) is 0 Å². The Hall–Kier alpha value is -0.160. The molecule has 4 nitrogen and oxygen atoms in total. The molecule has 4 heteroatoms. The zero-order valence-corrected chi connectivity index (χ0v) is 18.9. The third-order valence-electron chi connectivity index (χ3n) is 6.98. The van der Waals surface area contributed by atoms with Crippen molar-refractivity contribution < 1.29 is 9.47 Å². The number of piperidine rings is 2. The van der Waals surface area contributed by atoms with Gasteiger partial charge in [0.15, 0.2) is 5.79 Å². The van der Waals surface area contributed by atoms with Gasteiger partial charge < -0.3 is 14.8 Å². The van der Waals surface area contributed by atoms with Crippen molar-refractivity contribution in [2.75, 3.05) is 19.6 Å². The summed E-state index contributed by atoms with van der Waals surface area (Å²) >= 11 is 0. The Morgan fingerprint density at radius 1 is 0.893 bits per heavy atom. The van der Waals surface area contributed by atoms with Gasteiger partial charge in [-0.1, -0.05) is 71.1 Å². The average molecular weight is 395 g/mol. The minimum Gasteiger partial charge on any atom is -0.343 e. The number of rotatable bonds is 12. The van der Waals surface area contributed by atoms with E-state index >= 15 is 0 Å². The molecule has 4 atom stereocenters. The van der Waals surface area contributed by atoms with Gasteiger partial charge in [-0.15, -0.1) is 0 Å². The molecule has 0 unspecified atom stereocenters. The molecule has 0 amide bonds. The van der Waals surface area contributed by atoms with Crippen molar-refractivity contribution >= 4 is 0 Å². The number of hydrogen-bond donors (Lipinski definition) is 1. The molecule has 164 valence electrons. The van der Waals surface area contributed by atoms with Crippen LogP contribution in [0.2, 0.25) is 0 Å². The summed E-state index contributed by atoms with van der Waals surface area (Å²) in [5.41, 5.74) is 0. The Morgan fingerprint density at radius 3 is 2.29 bits per heavy atom. The van der Waals surface area contributed by atoms with E-state index < -0.39 is 5.79 Å². The van der Waals surface area contributed by atoms with Crippen LogP contribution in [0.4, 0.5) is 0 Å². The number of hydrogen-bond acceptors (Lipinski definition) is 4. The predicted molar refractivity (Wildman–Crippen MR) is 117 cm³/mol. The minimum atomic E-state index is -0.430. The molecule has 3 saturated heterocycles. The maximum Gasteiger partial charge on any atom is 0.163 e. The normalized spacial score (nSPS) is 32.2. The van der Waals surface area contributed by atoms with Crippen molar-refractivity contribution in [2.45, 2.75) is 134 Å². The zero-order chi connectivity index (χ0) is 19.8. The van der Waals surface area contributed by atoms with E-state index in [-0.39, 0.29) is 12.2 Å². The van der Waals surface area contributed by atoms with E-state index in [2.05, 4.69) is 31.0 Å². The van der Waals surface area contributed by atoms with Crippen molar-refractivity contribution in [1.82, 2.24) is 10.2 Å². The van der Waals surface area contributed by atoms with Crippen molar-refractivity contribution in [3.63, 3.8) is 0 Å². The Labute approximate surface area is 174 Å². The minimum absolute atomic E-state index is 0.220. The molecular weight excluding hydrogens is 348 g/mol. The predicted octanol–water partition coefficient (Wildman–Crippen LogP) is 5.25. The van der Waals surface area contributed by atoms with Gasteiger partial charge in [-0.05, 0) is 46.2 Å². The summed E-state index contributed by atoms with van der Waals surface area (Å²) in [4.78, 5) is 2.67. The van der Waals surface area contributed by atoms with Gasteiger partial charge in [0.25, 0.3) is 0 Å². The van der Waals surface area contributed by atoms with Crippen LogP contribution in [0.25, 0.3) is 0 Å². The maximum absolute atomic E-state index is 6.35. The molecule has 0 aromatic carbocycles. The maximum atomic E-state index is 6.35. The van der Waals surface area contributed by atoms with Crippen LogP contribution >= 0.6 is 0 Å². The molecule has 3 aliphatic heterocycles. The molecule has 0 saturated carbocycles. The van der Waals surface area contributed by atoms with Crippen molar-refractivity contribution in [3.8, 4) is 0 Å². The molecule has 3 fully saturated rings.